The molecule has 0 atom stereocenters. The molecule has 0 saturated carbocycles. The van der Waals surface area contributed by atoms with Crippen LogP contribution in [0.4, 0.5) is 5.69 Å². The molecule has 0 bridgehead atoms. The number of aryl methyl sites for hydroxylation is 2. The summed E-state index contributed by atoms with van der Waals surface area (Å²) in [6.07, 6.45) is 6.59. The molecule has 2 heterocycles. The van der Waals surface area contributed by atoms with E-state index in [1.54, 1.807) is 35.6 Å². The lowest BCUT2D eigenvalue weighted by molar-refractivity contribution is -0.113. The molecule has 1 aliphatic rings. The summed E-state index contributed by atoms with van der Waals surface area (Å²) in [5.41, 5.74) is 2.70. The SMILES string of the molecule is CSc1nc(SCC(=O)Nc2ccc(C(C)=O)cc2)c2c3c(sc2n1)CCCC3. The lowest BCUT2D eigenvalue weighted by Crippen LogP contribution is -2.14. The van der Waals surface area contributed by atoms with Crippen molar-refractivity contribution in [1.82, 2.24) is 9.97 Å². The van der Waals surface area contributed by atoms with E-state index < -0.39 is 0 Å². The van der Waals surface area contributed by atoms with Crippen LogP contribution in [-0.2, 0) is 17.6 Å². The quantitative estimate of drug-likeness (QED) is 0.244. The monoisotopic (exact) mass is 443 g/mol. The van der Waals surface area contributed by atoms with Crippen LogP contribution in [-0.4, -0.2) is 33.7 Å². The number of ketones is 1. The Bertz CT molecular complexity index is 1080. The minimum Gasteiger partial charge on any atom is -0.325 e. The van der Waals surface area contributed by atoms with E-state index in [4.69, 9.17) is 9.97 Å². The number of Topliss-reactive ketones (excluding diaryl/α,β-unsaturated/α-hetero) is 1. The average Bonchev–Trinajstić information content (AvgIpc) is 3.10. The van der Waals surface area contributed by atoms with Crippen LogP contribution in [0.5, 0.6) is 0 Å². The van der Waals surface area contributed by atoms with E-state index in [0.717, 1.165) is 33.2 Å². The summed E-state index contributed by atoms with van der Waals surface area (Å²) in [5, 5.41) is 5.69. The first-order valence-electron chi connectivity index (χ1n) is 9.45. The summed E-state index contributed by atoms with van der Waals surface area (Å²) in [4.78, 5) is 35.7. The Hall–Kier alpha value is -1.90. The van der Waals surface area contributed by atoms with Gasteiger partial charge in [0, 0.05) is 21.5 Å². The number of carbonyl (C=O) groups is 2. The highest BCUT2D eigenvalue weighted by molar-refractivity contribution is 8.00. The molecule has 0 aliphatic heterocycles. The first-order chi connectivity index (χ1) is 14.0. The van der Waals surface area contributed by atoms with Crippen LogP contribution >= 0.6 is 34.9 Å². The summed E-state index contributed by atoms with van der Waals surface area (Å²) in [6.45, 7) is 1.53. The van der Waals surface area contributed by atoms with Gasteiger partial charge in [-0.05, 0) is 68.7 Å². The summed E-state index contributed by atoms with van der Waals surface area (Å²) in [7, 11) is 0. The molecule has 0 unspecified atom stereocenters. The molecule has 0 spiro atoms. The van der Waals surface area contributed by atoms with Crippen LogP contribution in [0.25, 0.3) is 10.2 Å². The van der Waals surface area contributed by atoms with Crippen LogP contribution < -0.4 is 5.32 Å². The Morgan fingerprint density at radius 3 is 2.62 bits per heavy atom. The van der Waals surface area contributed by atoms with Crippen molar-refractivity contribution in [3.63, 3.8) is 0 Å². The molecule has 1 amide bonds. The summed E-state index contributed by atoms with van der Waals surface area (Å²) < 4.78 is 0. The number of hydrogen-bond donors (Lipinski definition) is 1. The molecule has 1 N–H and O–H groups in total. The number of amides is 1. The highest BCUT2D eigenvalue weighted by Crippen LogP contribution is 2.40. The number of benzene rings is 1. The summed E-state index contributed by atoms with van der Waals surface area (Å²) in [6, 6.07) is 6.95. The number of hydrogen-bond acceptors (Lipinski definition) is 7. The number of fused-ring (bicyclic) bond motifs is 3. The minimum atomic E-state index is -0.0906. The van der Waals surface area contributed by atoms with Gasteiger partial charge in [-0.15, -0.1) is 11.3 Å². The smallest absolute Gasteiger partial charge is 0.234 e. The fourth-order valence-electron chi connectivity index (χ4n) is 3.42. The van der Waals surface area contributed by atoms with E-state index >= 15 is 0 Å². The molecule has 2 aromatic heterocycles. The number of thiophene rings is 1. The second-order valence-corrected chi connectivity index (χ2v) is 9.70. The van der Waals surface area contributed by atoms with Gasteiger partial charge in [-0.25, -0.2) is 9.97 Å². The van der Waals surface area contributed by atoms with Crippen molar-refractivity contribution in [3.8, 4) is 0 Å². The fraction of sp³-hybridized carbons (Fsp3) is 0.333. The van der Waals surface area contributed by atoms with Gasteiger partial charge in [0.1, 0.15) is 9.86 Å². The van der Waals surface area contributed by atoms with Crippen LogP contribution in [0.3, 0.4) is 0 Å². The predicted molar refractivity (Wildman–Crippen MR) is 122 cm³/mol. The van der Waals surface area contributed by atoms with Gasteiger partial charge in [0.15, 0.2) is 10.9 Å². The molecule has 0 fully saturated rings. The van der Waals surface area contributed by atoms with Crippen LogP contribution in [0.15, 0.2) is 34.4 Å². The first-order valence-corrected chi connectivity index (χ1v) is 12.5. The fourth-order valence-corrected chi connectivity index (χ4v) is 6.08. The minimum absolute atomic E-state index is 0.00917. The maximum Gasteiger partial charge on any atom is 0.234 e. The van der Waals surface area contributed by atoms with Gasteiger partial charge in [0.25, 0.3) is 0 Å². The van der Waals surface area contributed by atoms with Crippen molar-refractivity contribution in [2.24, 2.45) is 0 Å². The third-order valence-corrected chi connectivity index (χ3v) is 7.57. The molecule has 4 rings (SSSR count). The summed E-state index contributed by atoms with van der Waals surface area (Å²) in [5.74, 6) is 0.195. The van der Waals surface area contributed by atoms with E-state index in [1.165, 1.54) is 53.7 Å². The largest absolute Gasteiger partial charge is 0.325 e. The Balaban J connectivity index is 1.52. The van der Waals surface area contributed by atoms with Crippen molar-refractivity contribution < 1.29 is 9.59 Å². The van der Waals surface area contributed by atoms with Crippen molar-refractivity contribution in [1.29, 1.82) is 0 Å². The van der Waals surface area contributed by atoms with Gasteiger partial charge < -0.3 is 5.32 Å². The molecule has 1 aromatic carbocycles. The van der Waals surface area contributed by atoms with Gasteiger partial charge in [-0.3, -0.25) is 9.59 Å². The Labute approximate surface area is 182 Å². The number of aromatic nitrogens is 2. The Kier molecular flexibility index (Phi) is 6.22. The highest BCUT2D eigenvalue weighted by Gasteiger charge is 2.21. The second kappa shape index (κ2) is 8.85. The molecule has 150 valence electrons. The highest BCUT2D eigenvalue weighted by atomic mass is 32.2. The van der Waals surface area contributed by atoms with Gasteiger partial charge in [-0.1, -0.05) is 23.5 Å². The molecule has 5 nitrogen and oxygen atoms in total. The number of carbonyl (C=O) groups excluding carboxylic acids is 2. The third-order valence-electron chi connectivity index (χ3n) is 4.86. The molecule has 0 saturated heterocycles. The van der Waals surface area contributed by atoms with Crippen molar-refractivity contribution in [3.05, 3.63) is 40.3 Å². The molecular formula is C21H21N3O2S3. The first kappa shape index (κ1) is 20.4. The zero-order valence-electron chi connectivity index (χ0n) is 16.3. The van der Waals surface area contributed by atoms with Crippen molar-refractivity contribution >= 4 is 62.5 Å². The van der Waals surface area contributed by atoms with Gasteiger partial charge >= 0.3 is 0 Å². The topological polar surface area (TPSA) is 72.0 Å². The van der Waals surface area contributed by atoms with E-state index in [1.807, 2.05) is 6.26 Å². The lowest BCUT2D eigenvalue weighted by Gasteiger charge is -2.12. The number of thioether (sulfide) groups is 2. The second-order valence-electron chi connectivity index (χ2n) is 6.88. The van der Waals surface area contributed by atoms with Crippen molar-refractivity contribution in [2.75, 3.05) is 17.3 Å². The van der Waals surface area contributed by atoms with Gasteiger partial charge in [0.2, 0.25) is 5.91 Å². The number of nitrogens with one attached hydrogen (secondary N) is 1. The van der Waals surface area contributed by atoms with Gasteiger partial charge in [-0.2, -0.15) is 0 Å². The zero-order valence-corrected chi connectivity index (χ0v) is 18.7. The predicted octanol–water partition coefficient (Wildman–Crippen LogP) is 5.23. The number of nitrogens with zero attached hydrogens (tertiary/aromatic N) is 2. The van der Waals surface area contributed by atoms with Crippen LogP contribution in [0.1, 0.15) is 40.6 Å². The van der Waals surface area contributed by atoms with Crippen LogP contribution in [0.2, 0.25) is 0 Å². The number of anilines is 1. The molecule has 3 aromatic rings. The average molecular weight is 444 g/mol. The lowest BCUT2D eigenvalue weighted by atomic mass is 9.97. The van der Waals surface area contributed by atoms with Crippen LogP contribution in [0, 0.1) is 0 Å². The van der Waals surface area contributed by atoms with E-state index in [-0.39, 0.29) is 17.4 Å². The van der Waals surface area contributed by atoms with Crippen molar-refractivity contribution in [2.45, 2.75) is 42.8 Å². The number of rotatable bonds is 6. The van der Waals surface area contributed by atoms with E-state index in [0.29, 0.717) is 11.3 Å². The molecule has 8 heteroatoms. The molecule has 1 aliphatic carbocycles. The maximum absolute atomic E-state index is 12.5. The molecule has 0 radical (unpaired) electrons. The zero-order chi connectivity index (χ0) is 20.4. The summed E-state index contributed by atoms with van der Waals surface area (Å²) >= 11 is 4.77. The Morgan fingerprint density at radius 2 is 1.90 bits per heavy atom. The standard InChI is InChI=1S/C21H21N3O2S3/c1-12(25)13-7-9-14(10-8-13)22-17(26)11-28-19-18-15-5-3-4-6-16(15)29-20(18)24-21(23-19)27-2/h7-10H,3-6,11H2,1-2H3,(H,22,26). The molecular weight excluding hydrogens is 422 g/mol. The van der Waals surface area contributed by atoms with E-state index in [2.05, 4.69) is 5.32 Å². The van der Waals surface area contributed by atoms with E-state index in [9.17, 15) is 9.59 Å². The van der Waals surface area contributed by atoms with Gasteiger partial charge in [0.05, 0.1) is 5.75 Å². The normalized spacial score (nSPS) is 13.3. The maximum atomic E-state index is 12.5. The third kappa shape index (κ3) is 4.49. The Morgan fingerprint density at radius 1 is 1.14 bits per heavy atom. The molecule has 29 heavy (non-hydrogen) atoms.